The van der Waals surface area contributed by atoms with Crippen LogP contribution in [0.2, 0.25) is 0 Å². The highest BCUT2D eigenvalue weighted by Crippen LogP contribution is 2.34. The predicted octanol–water partition coefficient (Wildman–Crippen LogP) is 6.54. The molecular weight excluding hydrogens is 386 g/mol. The van der Waals surface area contributed by atoms with Gasteiger partial charge in [0.1, 0.15) is 22.5 Å². The Bertz CT molecular complexity index is 1050. The number of hydrogen-bond acceptors (Lipinski definition) is 4. The van der Waals surface area contributed by atoms with Crippen LogP contribution in [0.1, 0.15) is 45.4 Å². The van der Waals surface area contributed by atoms with Crippen LogP contribution in [0, 0.1) is 0 Å². The summed E-state index contributed by atoms with van der Waals surface area (Å²) in [7, 11) is 0. The number of aromatic hydroxyl groups is 2. The van der Waals surface area contributed by atoms with Crippen LogP contribution in [0.3, 0.4) is 0 Å². The van der Waals surface area contributed by atoms with E-state index in [9.17, 15) is 10.2 Å². The maximum Gasteiger partial charge on any atom is 0.121 e. The van der Waals surface area contributed by atoms with Crippen LogP contribution in [0.5, 0.6) is 11.5 Å². The van der Waals surface area contributed by atoms with E-state index in [-0.39, 0.29) is 11.5 Å². The van der Waals surface area contributed by atoms with Gasteiger partial charge in [0.15, 0.2) is 0 Å². The highest BCUT2D eigenvalue weighted by Gasteiger charge is 2.15. The first kappa shape index (κ1) is 20.9. The molecule has 0 aliphatic heterocycles. The van der Waals surface area contributed by atoms with Crippen molar-refractivity contribution in [3.05, 3.63) is 60.7 Å². The molecule has 5 heteroatoms. The summed E-state index contributed by atoms with van der Waals surface area (Å²) < 4.78 is 0. The summed E-state index contributed by atoms with van der Waals surface area (Å²) in [6.07, 6.45) is 7.36. The lowest BCUT2D eigenvalue weighted by Crippen LogP contribution is -2.02. The molecule has 0 saturated carbocycles. The van der Waals surface area contributed by atoms with Crippen molar-refractivity contribution in [1.29, 1.82) is 0 Å². The van der Waals surface area contributed by atoms with E-state index in [1.807, 2.05) is 29.1 Å². The molecule has 0 atom stereocenters. The van der Waals surface area contributed by atoms with E-state index >= 15 is 0 Å². The van der Waals surface area contributed by atoms with Gasteiger partial charge in [0.05, 0.1) is 6.54 Å². The van der Waals surface area contributed by atoms with Gasteiger partial charge in [-0.3, -0.25) is 0 Å². The average Bonchev–Trinajstić information content (AvgIpc) is 3.21. The van der Waals surface area contributed by atoms with Crippen LogP contribution < -0.4 is 0 Å². The van der Waals surface area contributed by atoms with Gasteiger partial charge in [0, 0.05) is 11.1 Å². The Morgan fingerprint density at radius 1 is 0.613 bits per heavy atom. The molecule has 0 amide bonds. The molecule has 0 unspecified atom stereocenters. The van der Waals surface area contributed by atoms with Crippen molar-refractivity contribution in [1.82, 2.24) is 15.0 Å². The van der Waals surface area contributed by atoms with Gasteiger partial charge < -0.3 is 10.2 Å². The van der Waals surface area contributed by atoms with Gasteiger partial charge in [-0.25, -0.2) is 0 Å². The third-order valence-electron chi connectivity index (χ3n) is 5.65. The Morgan fingerprint density at radius 3 is 1.55 bits per heavy atom. The topological polar surface area (TPSA) is 71.2 Å². The molecule has 3 aromatic carbocycles. The third-order valence-corrected chi connectivity index (χ3v) is 5.65. The molecule has 1 aromatic heterocycles. The Balaban J connectivity index is 1.68. The highest BCUT2D eigenvalue weighted by atomic mass is 16.3. The van der Waals surface area contributed by atoms with Crippen molar-refractivity contribution in [2.24, 2.45) is 0 Å². The van der Waals surface area contributed by atoms with Gasteiger partial charge in [-0.15, -0.1) is 0 Å². The molecule has 0 aliphatic rings. The van der Waals surface area contributed by atoms with Crippen molar-refractivity contribution in [3.63, 3.8) is 0 Å². The second-order valence-corrected chi connectivity index (χ2v) is 8.02. The minimum Gasteiger partial charge on any atom is -0.508 e. The fourth-order valence-corrected chi connectivity index (χ4v) is 3.92. The highest BCUT2D eigenvalue weighted by molar-refractivity contribution is 6.00. The molecule has 0 saturated heterocycles. The number of phenolic OH excluding ortho intramolecular Hbond substituents is 2. The second-order valence-electron chi connectivity index (χ2n) is 8.02. The number of fused-ring (bicyclic) bond motifs is 1. The van der Waals surface area contributed by atoms with Crippen molar-refractivity contribution in [2.45, 2.75) is 52.0 Å². The van der Waals surface area contributed by atoms with Gasteiger partial charge in [0.2, 0.25) is 0 Å². The maximum absolute atomic E-state index is 9.66. The number of nitrogens with zero attached hydrogens (tertiary/aromatic N) is 3. The fraction of sp³-hybridized carbons (Fsp3) is 0.308. The lowest BCUT2D eigenvalue weighted by atomic mass is 9.98. The molecule has 0 bridgehead atoms. The van der Waals surface area contributed by atoms with Crippen LogP contribution in [-0.4, -0.2) is 25.2 Å². The molecule has 4 aromatic rings. The minimum atomic E-state index is 0.243. The maximum atomic E-state index is 9.66. The molecule has 0 spiro atoms. The molecule has 0 radical (unpaired) electrons. The first-order valence-corrected chi connectivity index (χ1v) is 11.1. The molecule has 0 fully saturated rings. The van der Waals surface area contributed by atoms with Gasteiger partial charge in [-0.05, 0) is 41.8 Å². The fourth-order valence-electron chi connectivity index (χ4n) is 3.92. The predicted molar refractivity (Wildman–Crippen MR) is 125 cm³/mol. The summed E-state index contributed by atoms with van der Waals surface area (Å²) in [6, 6.07) is 18.5. The smallest absolute Gasteiger partial charge is 0.121 e. The number of phenols is 2. The number of aromatic nitrogens is 3. The summed E-state index contributed by atoms with van der Waals surface area (Å²) in [6.45, 7) is 3.03. The van der Waals surface area contributed by atoms with Crippen LogP contribution in [-0.2, 0) is 6.54 Å². The first-order chi connectivity index (χ1) is 15.2. The molecule has 4 rings (SSSR count). The van der Waals surface area contributed by atoms with Crippen molar-refractivity contribution in [2.75, 3.05) is 0 Å². The first-order valence-electron chi connectivity index (χ1n) is 11.1. The Labute approximate surface area is 183 Å². The van der Waals surface area contributed by atoms with Gasteiger partial charge in [0.25, 0.3) is 0 Å². The number of unbranched alkanes of at least 4 members (excludes halogenated alkanes) is 5. The molecule has 5 nitrogen and oxygen atoms in total. The zero-order valence-corrected chi connectivity index (χ0v) is 18.0. The minimum absolute atomic E-state index is 0.243. The largest absolute Gasteiger partial charge is 0.508 e. The third kappa shape index (κ3) is 4.88. The van der Waals surface area contributed by atoms with Crippen molar-refractivity contribution >= 4 is 11.0 Å². The van der Waals surface area contributed by atoms with E-state index in [4.69, 9.17) is 10.2 Å². The van der Waals surface area contributed by atoms with E-state index in [1.165, 1.54) is 32.1 Å². The standard InChI is InChI=1S/C26H29N3O2/c1-2-3-4-5-6-7-18-29-27-25-23(19-8-12-21(30)13-9-19)16-17-24(26(25)28-29)20-10-14-22(31)15-11-20/h8-17,30-31H,2-7,18H2,1H3. The summed E-state index contributed by atoms with van der Waals surface area (Å²) in [5, 5.41) is 29.0. The van der Waals surface area contributed by atoms with E-state index in [0.717, 1.165) is 46.3 Å². The number of aryl methyl sites for hydroxylation is 1. The summed E-state index contributed by atoms with van der Waals surface area (Å²) in [5.74, 6) is 0.486. The Kier molecular flexibility index (Phi) is 6.51. The molecule has 2 N–H and O–H groups in total. The van der Waals surface area contributed by atoms with E-state index in [0.29, 0.717) is 0 Å². The molecule has 160 valence electrons. The van der Waals surface area contributed by atoms with E-state index in [1.54, 1.807) is 24.3 Å². The van der Waals surface area contributed by atoms with Crippen LogP contribution in [0.4, 0.5) is 0 Å². The van der Waals surface area contributed by atoms with Crippen molar-refractivity contribution < 1.29 is 10.2 Å². The quantitative estimate of drug-likeness (QED) is 0.305. The molecule has 0 aliphatic carbocycles. The van der Waals surface area contributed by atoms with Crippen LogP contribution in [0.25, 0.3) is 33.3 Å². The van der Waals surface area contributed by atoms with E-state index in [2.05, 4.69) is 19.1 Å². The average molecular weight is 416 g/mol. The summed E-state index contributed by atoms with van der Waals surface area (Å²) >= 11 is 0. The molecular formula is C26H29N3O2. The van der Waals surface area contributed by atoms with Crippen molar-refractivity contribution in [3.8, 4) is 33.8 Å². The molecule has 1 heterocycles. The van der Waals surface area contributed by atoms with Gasteiger partial charge in [-0.2, -0.15) is 15.0 Å². The number of benzene rings is 3. The van der Waals surface area contributed by atoms with E-state index < -0.39 is 0 Å². The van der Waals surface area contributed by atoms with Gasteiger partial charge in [-0.1, -0.05) is 75.4 Å². The Morgan fingerprint density at radius 2 is 1.06 bits per heavy atom. The zero-order chi connectivity index (χ0) is 21.6. The van der Waals surface area contributed by atoms with Gasteiger partial charge >= 0.3 is 0 Å². The van der Waals surface area contributed by atoms with Crippen LogP contribution in [0.15, 0.2) is 60.7 Å². The monoisotopic (exact) mass is 415 g/mol. The SMILES string of the molecule is CCCCCCCCn1nc2c(-c3ccc(O)cc3)ccc(-c3ccc(O)cc3)c2n1. The molecule has 31 heavy (non-hydrogen) atoms. The number of hydrogen-bond donors (Lipinski definition) is 2. The van der Waals surface area contributed by atoms with Crippen LogP contribution >= 0.6 is 0 Å². The summed E-state index contributed by atoms with van der Waals surface area (Å²) in [4.78, 5) is 1.82. The summed E-state index contributed by atoms with van der Waals surface area (Å²) in [5.41, 5.74) is 5.67. The normalized spacial score (nSPS) is 11.3. The second kappa shape index (κ2) is 9.65. The zero-order valence-electron chi connectivity index (χ0n) is 18.0. The lowest BCUT2D eigenvalue weighted by molar-refractivity contribution is 0.475. The number of rotatable bonds is 9. The Hall–Kier alpha value is -3.34. The lowest BCUT2D eigenvalue weighted by Gasteiger charge is -2.07.